The highest BCUT2D eigenvalue weighted by Crippen LogP contribution is 2.23. The molecule has 0 bridgehead atoms. The van der Waals surface area contributed by atoms with Gasteiger partial charge in [-0.15, -0.1) is 0 Å². The minimum atomic E-state index is -2.76. The lowest BCUT2D eigenvalue weighted by Crippen LogP contribution is -2.41. The van der Waals surface area contributed by atoms with Crippen molar-refractivity contribution >= 4 is 11.9 Å². The van der Waals surface area contributed by atoms with Crippen molar-refractivity contribution < 1.29 is 23.5 Å². The van der Waals surface area contributed by atoms with Crippen LogP contribution in [0.15, 0.2) is 0 Å². The van der Waals surface area contributed by atoms with E-state index < -0.39 is 18.6 Å². The van der Waals surface area contributed by atoms with E-state index in [-0.39, 0.29) is 18.0 Å². The molecule has 116 valence electrons. The summed E-state index contributed by atoms with van der Waals surface area (Å²) in [7, 11) is 0. The first-order chi connectivity index (χ1) is 9.82. The molecule has 1 aliphatic rings. The number of alkyl halides is 2. The fourth-order valence-electron chi connectivity index (χ4n) is 2.72. The number of carbonyl (C=O) groups is 2. The second-order valence-electron chi connectivity index (χ2n) is 5.13. The molecular formula is C13H17F2N3O3. The number of likely N-dealkylation sites (tertiary alicyclic amines) is 1. The van der Waals surface area contributed by atoms with Crippen LogP contribution in [0.1, 0.15) is 36.3 Å². The van der Waals surface area contributed by atoms with Crippen LogP contribution < -0.4 is 0 Å². The average molecular weight is 301 g/mol. The maximum atomic E-state index is 12.8. The van der Waals surface area contributed by atoms with E-state index in [1.165, 1.54) is 11.8 Å². The molecule has 0 spiro atoms. The summed E-state index contributed by atoms with van der Waals surface area (Å²) in [5, 5.41) is 12.8. The van der Waals surface area contributed by atoms with Crippen molar-refractivity contribution in [2.45, 2.75) is 45.7 Å². The molecule has 2 rings (SSSR count). The van der Waals surface area contributed by atoms with Crippen LogP contribution in [-0.2, 0) is 16.0 Å². The Morgan fingerprint density at radius 1 is 1.43 bits per heavy atom. The third kappa shape index (κ3) is 2.88. The average Bonchev–Trinajstić information content (AvgIpc) is 2.98. The van der Waals surface area contributed by atoms with Gasteiger partial charge in [0.2, 0.25) is 5.91 Å². The SMILES string of the molecule is Cc1nn(C(F)F)c(C)c1CC(=O)N1CCCC1C(=O)O. The van der Waals surface area contributed by atoms with Gasteiger partial charge in [0.05, 0.1) is 12.1 Å². The summed E-state index contributed by atoms with van der Waals surface area (Å²) in [6, 6.07) is -0.816. The van der Waals surface area contributed by atoms with Gasteiger partial charge < -0.3 is 10.0 Å². The molecule has 1 aliphatic heterocycles. The number of rotatable bonds is 4. The number of aryl methyl sites for hydroxylation is 1. The molecule has 1 N–H and O–H groups in total. The summed E-state index contributed by atoms with van der Waals surface area (Å²) in [5.74, 6) is -1.39. The van der Waals surface area contributed by atoms with E-state index >= 15 is 0 Å². The lowest BCUT2D eigenvalue weighted by atomic mass is 10.1. The van der Waals surface area contributed by atoms with Crippen molar-refractivity contribution in [3.05, 3.63) is 17.0 Å². The molecule has 1 amide bonds. The number of aromatic nitrogens is 2. The van der Waals surface area contributed by atoms with Crippen molar-refractivity contribution in [3.63, 3.8) is 0 Å². The summed E-state index contributed by atoms with van der Waals surface area (Å²) in [6.45, 7) is 0.670. The van der Waals surface area contributed by atoms with Crippen molar-refractivity contribution in [2.24, 2.45) is 0 Å². The molecule has 0 radical (unpaired) electrons. The van der Waals surface area contributed by atoms with Crippen LogP contribution in [0, 0.1) is 13.8 Å². The Bertz CT molecular complexity index is 571. The van der Waals surface area contributed by atoms with Gasteiger partial charge in [-0.2, -0.15) is 13.9 Å². The maximum Gasteiger partial charge on any atom is 0.333 e. The second kappa shape index (κ2) is 5.79. The molecule has 1 unspecified atom stereocenters. The van der Waals surface area contributed by atoms with Gasteiger partial charge in [-0.3, -0.25) is 4.79 Å². The number of carbonyl (C=O) groups excluding carboxylic acids is 1. The molecule has 8 heteroatoms. The number of carboxylic acid groups (broad SMARTS) is 1. The molecule has 2 heterocycles. The summed E-state index contributed by atoms with van der Waals surface area (Å²) in [6.07, 6.45) is 0.959. The molecule has 1 atom stereocenters. The number of nitrogens with zero attached hydrogens (tertiary/aromatic N) is 3. The second-order valence-corrected chi connectivity index (χ2v) is 5.13. The van der Waals surface area contributed by atoms with Gasteiger partial charge in [-0.05, 0) is 26.7 Å². The van der Waals surface area contributed by atoms with Gasteiger partial charge in [-0.25, -0.2) is 9.48 Å². The molecule has 1 aromatic heterocycles. The van der Waals surface area contributed by atoms with Crippen molar-refractivity contribution in [2.75, 3.05) is 6.54 Å². The van der Waals surface area contributed by atoms with Crippen molar-refractivity contribution in [3.8, 4) is 0 Å². The molecule has 21 heavy (non-hydrogen) atoms. The van der Waals surface area contributed by atoms with Gasteiger partial charge in [0.25, 0.3) is 0 Å². The fraction of sp³-hybridized carbons (Fsp3) is 0.615. The molecular weight excluding hydrogens is 284 g/mol. The highest BCUT2D eigenvalue weighted by atomic mass is 19.3. The van der Waals surface area contributed by atoms with Crippen LogP contribution in [0.5, 0.6) is 0 Å². The lowest BCUT2D eigenvalue weighted by molar-refractivity contribution is -0.148. The van der Waals surface area contributed by atoms with E-state index in [0.29, 0.717) is 35.3 Å². The Morgan fingerprint density at radius 3 is 2.62 bits per heavy atom. The molecule has 6 nitrogen and oxygen atoms in total. The first-order valence-corrected chi connectivity index (χ1v) is 6.68. The Morgan fingerprint density at radius 2 is 2.10 bits per heavy atom. The van der Waals surface area contributed by atoms with Crippen molar-refractivity contribution in [1.82, 2.24) is 14.7 Å². The minimum Gasteiger partial charge on any atom is -0.480 e. The molecule has 1 aromatic rings. The third-order valence-corrected chi connectivity index (χ3v) is 3.85. The molecule has 1 saturated heterocycles. The lowest BCUT2D eigenvalue weighted by Gasteiger charge is -2.21. The summed E-state index contributed by atoms with van der Waals surface area (Å²) < 4.78 is 26.1. The van der Waals surface area contributed by atoms with E-state index in [4.69, 9.17) is 5.11 Å². The van der Waals surface area contributed by atoms with Crippen LogP contribution in [0.25, 0.3) is 0 Å². The van der Waals surface area contributed by atoms with Crippen molar-refractivity contribution in [1.29, 1.82) is 0 Å². The van der Waals surface area contributed by atoms with E-state index in [9.17, 15) is 18.4 Å². The van der Waals surface area contributed by atoms with Gasteiger partial charge >= 0.3 is 12.5 Å². The van der Waals surface area contributed by atoms with Crippen LogP contribution >= 0.6 is 0 Å². The number of aliphatic carboxylic acids is 1. The van der Waals surface area contributed by atoms with E-state index in [0.717, 1.165) is 0 Å². The topological polar surface area (TPSA) is 75.4 Å². The number of hydrogen-bond acceptors (Lipinski definition) is 3. The zero-order valence-corrected chi connectivity index (χ0v) is 11.8. The van der Waals surface area contributed by atoms with E-state index in [1.54, 1.807) is 6.92 Å². The Labute approximate surface area is 120 Å². The normalized spacial score (nSPS) is 18.5. The van der Waals surface area contributed by atoms with Crippen LogP contribution in [0.2, 0.25) is 0 Å². The molecule has 1 fully saturated rings. The zero-order chi connectivity index (χ0) is 15.7. The molecule has 0 aromatic carbocycles. The van der Waals surface area contributed by atoms with Gasteiger partial charge in [-0.1, -0.05) is 0 Å². The monoisotopic (exact) mass is 301 g/mol. The Balaban J connectivity index is 2.18. The summed E-state index contributed by atoms with van der Waals surface area (Å²) >= 11 is 0. The quantitative estimate of drug-likeness (QED) is 0.914. The van der Waals surface area contributed by atoms with E-state index in [1.807, 2.05) is 0 Å². The first-order valence-electron chi connectivity index (χ1n) is 6.68. The molecule has 0 saturated carbocycles. The summed E-state index contributed by atoms with van der Waals surface area (Å²) in [5.41, 5.74) is 1.05. The summed E-state index contributed by atoms with van der Waals surface area (Å²) in [4.78, 5) is 24.6. The highest BCUT2D eigenvalue weighted by molar-refractivity contribution is 5.85. The van der Waals surface area contributed by atoms with Crippen LogP contribution in [-0.4, -0.2) is 44.3 Å². The van der Waals surface area contributed by atoms with Gasteiger partial charge in [0, 0.05) is 17.8 Å². The Kier molecular flexibility index (Phi) is 4.24. The third-order valence-electron chi connectivity index (χ3n) is 3.85. The maximum absolute atomic E-state index is 12.8. The van der Waals surface area contributed by atoms with Gasteiger partial charge in [0.1, 0.15) is 6.04 Å². The predicted molar refractivity (Wildman–Crippen MR) is 69.0 cm³/mol. The predicted octanol–water partition coefficient (Wildman–Crippen LogP) is 1.51. The number of carboxylic acids is 1. The highest BCUT2D eigenvalue weighted by Gasteiger charge is 2.34. The largest absolute Gasteiger partial charge is 0.480 e. The smallest absolute Gasteiger partial charge is 0.333 e. The first kappa shape index (κ1) is 15.4. The van der Waals surface area contributed by atoms with Crippen LogP contribution in [0.4, 0.5) is 8.78 Å². The van der Waals surface area contributed by atoms with E-state index in [2.05, 4.69) is 5.10 Å². The minimum absolute atomic E-state index is 0.103. The van der Waals surface area contributed by atoms with Crippen LogP contribution in [0.3, 0.4) is 0 Å². The zero-order valence-electron chi connectivity index (χ0n) is 11.8. The standard InChI is InChI=1S/C13H17F2N3O3/c1-7-9(8(2)18(16-7)13(14)15)6-11(19)17-5-3-4-10(17)12(20)21/h10,13H,3-6H2,1-2H3,(H,20,21). The van der Waals surface area contributed by atoms with Gasteiger partial charge in [0.15, 0.2) is 0 Å². The molecule has 0 aliphatic carbocycles. The fourth-order valence-corrected chi connectivity index (χ4v) is 2.72. The Hall–Kier alpha value is -1.99. The number of halogens is 2. The number of amides is 1. The number of hydrogen-bond donors (Lipinski definition) is 1.